The van der Waals surface area contributed by atoms with Crippen molar-refractivity contribution < 1.29 is 0 Å². The number of nitrogens with zero attached hydrogens (tertiary/aromatic N) is 4. The summed E-state index contributed by atoms with van der Waals surface area (Å²) in [6.45, 7) is 0. The van der Waals surface area contributed by atoms with Gasteiger partial charge in [-0.1, -0.05) is 194 Å². The van der Waals surface area contributed by atoms with Crippen molar-refractivity contribution in [3.05, 3.63) is 328 Å². The Hall–Kier alpha value is -10.4. The van der Waals surface area contributed by atoms with Crippen LogP contribution in [-0.4, -0.2) is 0 Å². The van der Waals surface area contributed by atoms with Crippen LogP contribution in [0.3, 0.4) is 0 Å². The zero-order chi connectivity index (χ0) is 52.0. The fourth-order valence-electron chi connectivity index (χ4n) is 10.8. The molecule has 4 nitrogen and oxygen atoms in total. The molecule has 0 radical (unpaired) electrons. The van der Waals surface area contributed by atoms with E-state index in [0.29, 0.717) is 0 Å². The van der Waals surface area contributed by atoms with Gasteiger partial charge < -0.3 is 19.6 Å². The molecule has 13 rings (SSSR count). The molecular formula is C74H54N4. The molecule has 0 saturated heterocycles. The highest BCUT2D eigenvalue weighted by molar-refractivity contribution is 6.00. The zero-order valence-electron chi connectivity index (χ0n) is 43.0. The van der Waals surface area contributed by atoms with Gasteiger partial charge >= 0.3 is 0 Å². The minimum Gasteiger partial charge on any atom is -0.311 e. The Morgan fingerprint density at radius 3 is 0.654 bits per heavy atom. The summed E-state index contributed by atoms with van der Waals surface area (Å²) in [7, 11) is 0. The third kappa shape index (κ3) is 9.51. The average Bonchev–Trinajstić information content (AvgIpc) is 3.61. The van der Waals surface area contributed by atoms with Crippen molar-refractivity contribution in [3.8, 4) is 22.3 Å². The SMILES string of the molecule is c1ccc(N(c2ccc(-c3ccc(-c4ccc(N(c5ccccc5)c5ccc(N(c6ccccc6)c6cccc7ccccc67)cc5)cc4)cc3)cc2)c2ccc(N(c3ccccc3)c3cccc4ccccc34)cc2)cc1. The Morgan fingerprint density at radius 1 is 0.141 bits per heavy atom. The third-order valence-electron chi connectivity index (χ3n) is 14.6. The van der Waals surface area contributed by atoms with Crippen LogP contribution in [0.15, 0.2) is 328 Å². The molecule has 0 aliphatic carbocycles. The topological polar surface area (TPSA) is 13.0 Å². The summed E-state index contributed by atoms with van der Waals surface area (Å²) in [5.41, 5.74) is 17.8. The molecule has 0 aliphatic rings. The van der Waals surface area contributed by atoms with Gasteiger partial charge in [0.1, 0.15) is 0 Å². The van der Waals surface area contributed by atoms with E-state index < -0.39 is 0 Å². The van der Waals surface area contributed by atoms with Crippen molar-refractivity contribution in [1.29, 1.82) is 0 Å². The Kier molecular flexibility index (Phi) is 13.0. The highest BCUT2D eigenvalue weighted by Crippen LogP contribution is 2.44. The van der Waals surface area contributed by atoms with Crippen LogP contribution in [0.5, 0.6) is 0 Å². The number of benzene rings is 13. The van der Waals surface area contributed by atoms with Gasteiger partial charge in [0.15, 0.2) is 0 Å². The van der Waals surface area contributed by atoms with Crippen LogP contribution in [-0.2, 0) is 0 Å². The van der Waals surface area contributed by atoms with E-state index in [4.69, 9.17) is 0 Å². The monoisotopic (exact) mass is 998 g/mol. The number of hydrogen-bond acceptors (Lipinski definition) is 4. The quantitative estimate of drug-likeness (QED) is 0.108. The fourth-order valence-corrected chi connectivity index (χ4v) is 10.8. The summed E-state index contributed by atoms with van der Waals surface area (Å²) in [6.07, 6.45) is 0. The highest BCUT2D eigenvalue weighted by Gasteiger charge is 2.20. The molecule has 0 bridgehead atoms. The lowest BCUT2D eigenvalue weighted by Crippen LogP contribution is -2.12. The van der Waals surface area contributed by atoms with Gasteiger partial charge in [-0.15, -0.1) is 0 Å². The largest absolute Gasteiger partial charge is 0.311 e. The number of anilines is 12. The van der Waals surface area contributed by atoms with Gasteiger partial charge in [0.25, 0.3) is 0 Å². The highest BCUT2D eigenvalue weighted by atomic mass is 15.2. The predicted molar refractivity (Wildman–Crippen MR) is 331 cm³/mol. The summed E-state index contributed by atoms with van der Waals surface area (Å²) in [5.74, 6) is 0. The van der Waals surface area contributed by atoms with Crippen LogP contribution in [0.1, 0.15) is 0 Å². The van der Waals surface area contributed by atoms with E-state index in [-0.39, 0.29) is 0 Å². The summed E-state index contributed by atoms with van der Waals surface area (Å²) in [6, 6.07) is 117. The summed E-state index contributed by atoms with van der Waals surface area (Å²) < 4.78 is 0. The molecule has 0 unspecified atom stereocenters. The van der Waals surface area contributed by atoms with Gasteiger partial charge in [0.2, 0.25) is 0 Å². The van der Waals surface area contributed by atoms with Gasteiger partial charge in [-0.2, -0.15) is 0 Å². The van der Waals surface area contributed by atoms with Gasteiger partial charge in [-0.05, 0) is 166 Å². The van der Waals surface area contributed by atoms with Gasteiger partial charge in [0.05, 0.1) is 11.4 Å². The molecule has 13 aromatic rings. The number of hydrogen-bond donors (Lipinski definition) is 0. The van der Waals surface area contributed by atoms with Crippen LogP contribution in [0, 0.1) is 0 Å². The maximum absolute atomic E-state index is 2.35. The molecule has 0 fully saturated rings. The molecule has 4 heteroatoms. The normalized spacial score (nSPS) is 11.1. The Balaban J connectivity index is 0.756. The standard InChI is InChI=1S/C74H54N4/c1-5-23-61(24-6-1)75(67-47-51-69(52-48-67)77(63-27-9-3-10-28-63)73-33-17-21-59-19-13-15-31-71(59)73)65-43-39-57(40-44-65)55-35-37-56(38-36-55)58-41-45-66(46-42-58)76(62-25-7-2-8-26-62)68-49-53-70(54-50-68)78(64-29-11-4-12-30-64)74-34-18-22-60-20-14-16-32-72(60)74/h1-54H. The van der Waals surface area contributed by atoms with E-state index >= 15 is 0 Å². The van der Waals surface area contributed by atoms with E-state index in [1.54, 1.807) is 0 Å². The molecule has 0 N–H and O–H groups in total. The van der Waals surface area contributed by atoms with E-state index in [9.17, 15) is 0 Å². The lowest BCUT2D eigenvalue weighted by molar-refractivity contribution is 1.26. The molecule has 370 valence electrons. The van der Waals surface area contributed by atoms with Crippen molar-refractivity contribution in [2.24, 2.45) is 0 Å². The van der Waals surface area contributed by atoms with Crippen molar-refractivity contribution in [2.45, 2.75) is 0 Å². The zero-order valence-corrected chi connectivity index (χ0v) is 43.0. The van der Waals surface area contributed by atoms with Crippen molar-refractivity contribution in [1.82, 2.24) is 0 Å². The summed E-state index contributed by atoms with van der Waals surface area (Å²) in [4.78, 5) is 9.35. The van der Waals surface area contributed by atoms with Crippen LogP contribution in [0.4, 0.5) is 68.2 Å². The Bertz CT molecular complexity index is 3810. The Morgan fingerprint density at radius 2 is 0.346 bits per heavy atom. The number of para-hydroxylation sites is 4. The molecule has 0 atom stereocenters. The van der Waals surface area contributed by atoms with Crippen molar-refractivity contribution in [3.63, 3.8) is 0 Å². The summed E-state index contributed by atoms with van der Waals surface area (Å²) in [5, 5.41) is 4.83. The molecule has 0 heterocycles. The first-order valence-electron chi connectivity index (χ1n) is 26.6. The van der Waals surface area contributed by atoms with Crippen LogP contribution in [0.2, 0.25) is 0 Å². The third-order valence-corrected chi connectivity index (χ3v) is 14.6. The Labute approximate surface area is 456 Å². The van der Waals surface area contributed by atoms with Crippen LogP contribution >= 0.6 is 0 Å². The maximum atomic E-state index is 2.35. The predicted octanol–water partition coefficient (Wildman–Crippen LogP) is 21.2. The lowest BCUT2D eigenvalue weighted by Gasteiger charge is -2.29. The molecule has 0 spiro atoms. The molecular weight excluding hydrogens is 945 g/mol. The van der Waals surface area contributed by atoms with E-state index in [1.165, 1.54) is 21.5 Å². The molecule has 0 aromatic heterocycles. The second-order valence-corrected chi connectivity index (χ2v) is 19.4. The second kappa shape index (κ2) is 21.4. The van der Waals surface area contributed by atoms with Gasteiger partial charge in [0, 0.05) is 67.6 Å². The summed E-state index contributed by atoms with van der Waals surface area (Å²) >= 11 is 0. The lowest BCUT2D eigenvalue weighted by atomic mass is 9.99. The first-order valence-corrected chi connectivity index (χ1v) is 26.6. The molecule has 0 amide bonds. The maximum Gasteiger partial charge on any atom is 0.0540 e. The molecule has 0 aliphatic heterocycles. The fraction of sp³-hybridized carbons (Fsp3) is 0. The first-order chi connectivity index (χ1) is 38.7. The van der Waals surface area contributed by atoms with Crippen molar-refractivity contribution >= 4 is 89.8 Å². The smallest absolute Gasteiger partial charge is 0.0540 e. The number of rotatable bonds is 14. The van der Waals surface area contributed by atoms with Crippen LogP contribution < -0.4 is 19.6 Å². The molecule has 78 heavy (non-hydrogen) atoms. The average molecular weight is 999 g/mol. The van der Waals surface area contributed by atoms with E-state index in [0.717, 1.165) is 90.5 Å². The minimum atomic E-state index is 1.08. The second-order valence-electron chi connectivity index (χ2n) is 19.4. The van der Waals surface area contributed by atoms with E-state index in [2.05, 4.69) is 347 Å². The molecule has 13 aromatic carbocycles. The van der Waals surface area contributed by atoms with Crippen LogP contribution in [0.25, 0.3) is 43.8 Å². The van der Waals surface area contributed by atoms with Gasteiger partial charge in [-0.25, -0.2) is 0 Å². The van der Waals surface area contributed by atoms with Crippen molar-refractivity contribution in [2.75, 3.05) is 19.6 Å². The van der Waals surface area contributed by atoms with E-state index in [1.807, 2.05) is 0 Å². The molecule has 0 saturated carbocycles. The number of fused-ring (bicyclic) bond motifs is 2. The van der Waals surface area contributed by atoms with Gasteiger partial charge in [-0.3, -0.25) is 0 Å². The minimum absolute atomic E-state index is 1.08. The first kappa shape index (κ1) is 47.3.